The molecule has 0 radical (unpaired) electrons. The molecule has 0 saturated carbocycles. The molecule has 3 unspecified atom stereocenters. The Bertz CT molecular complexity index is 1360. The predicted molar refractivity (Wildman–Crippen MR) is 175 cm³/mol. The van der Waals surface area contributed by atoms with Crippen LogP contribution < -0.4 is 10.6 Å². The van der Waals surface area contributed by atoms with Gasteiger partial charge in [-0.3, -0.25) is 19.2 Å². The topological polar surface area (TPSA) is 108 Å². The fourth-order valence-corrected chi connectivity index (χ4v) is 5.75. The molecule has 0 saturated heterocycles. The summed E-state index contributed by atoms with van der Waals surface area (Å²) < 4.78 is 0. The van der Waals surface area contributed by atoms with Gasteiger partial charge in [-0.05, 0) is 50.2 Å². The standard InChI is InChI=1S/C35H46N4O4S/c1-7-14-30(40)35(4,5)34(43)38-28(21-24(2)3)33(42)39(6)29(23-26-17-12-9-13-18-26)31(41)37-27(32-36-19-20-44-32)22-25-15-10-8-11-16-25/h8-13,15-20,24,27-29H,7,14,21-23H2,1-6H3,(H,37,41)(H,38,43). The van der Waals surface area contributed by atoms with Gasteiger partial charge in [0.25, 0.3) is 0 Å². The van der Waals surface area contributed by atoms with Crippen LogP contribution in [0.3, 0.4) is 0 Å². The molecule has 3 atom stereocenters. The number of hydrogen-bond acceptors (Lipinski definition) is 6. The van der Waals surface area contributed by atoms with E-state index in [2.05, 4.69) is 15.6 Å². The number of ketones is 1. The van der Waals surface area contributed by atoms with Crippen molar-refractivity contribution in [2.45, 2.75) is 84.8 Å². The van der Waals surface area contributed by atoms with Crippen LogP contribution >= 0.6 is 11.3 Å². The van der Waals surface area contributed by atoms with Crippen molar-refractivity contribution in [2.75, 3.05) is 7.05 Å². The molecule has 0 aliphatic carbocycles. The molecule has 9 heteroatoms. The first-order chi connectivity index (χ1) is 20.9. The Morgan fingerprint density at radius 2 is 1.50 bits per heavy atom. The smallest absolute Gasteiger partial charge is 0.245 e. The lowest BCUT2D eigenvalue weighted by Gasteiger charge is -2.33. The van der Waals surface area contributed by atoms with E-state index in [9.17, 15) is 19.2 Å². The van der Waals surface area contributed by atoms with Crippen LogP contribution in [0.25, 0.3) is 0 Å². The number of Topliss-reactive ketones (excluding diaryl/α,β-unsaturated/α-hetero) is 1. The molecule has 0 fully saturated rings. The maximum atomic E-state index is 14.1. The third-order valence-corrected chi connectivity index (χ3v) is 8.68. The Morgan fingerprint density at radius 3 is 2.02 bits per heavy atom. The maximum absolute atomic E-state index is 14.1. The molecule has 44 heavy (non-hydrogen) atoms. The molecule has 1 heterocycles. The number of likely N-dealkylation sites (N-methyl/N-ethyl adjacent to an activating group) is 1. The van der Waals surface area contributed by atoms with Crippen molar-refractivity contribution in [3.05, 3.63) is 88.4 Å². The largest absolute Gasteiger partial charge is 0.345 e. The number of nitrogens with zero attached hydrogens (tertiary/aromatic N) is 2. The summed E-state index contributed by atoms with van der Waals surface area (Å²) in [4.78, 5) is 60.2. The zero-order valence-electron chi connectivity index (χ0n) is 26.7. The third-order valence-electron chi connectivity index (χ3n) is 7.79. The number of benzene rings is 2. The summed E-state index contributed by atoms with van der Waals surface area (Å²) in [7, 11) is 1.61. The van der Waals surface area contributed by atoms with Gasteiger partial charge in [0.15, 0.2) is 0 Å². The molecule has 0 aliphatic heterocycles. The van der Waals surface area contributed by atoms with Crippen molar-refractivity contribution in [1.29, 1.82) is 0 Å². The minimum atomic E-state index is -1.27. The monoisotopic (exact) mass is 618 g/mol. The number of amides is 3. The van der Waals surface area contributed by atoms with Crippen LogP contribution in [0.1, 0.15) is 76.1 Å². The Labute approximate surface area is 265 Å². The Kier molecular flexibility index (Phi) is 12.8. The van der Waals surface area contributed by atoms with Gasteiger partial charge in [-0.2, -0.15) is 0 Å². The van der Waals surface area contributed by atoms with Gasteiger partial charge in [-0.15, -0.1) is 11.3 Å². The lowest BCUT2D eigenvalue weighted by atomic mass is 9.84. The van der Waals surface area contributed by atoms with E-state index in [4.69, 9.17) is 0 Å². The van der Waals surface area contributed by atoms with Crippen molar-refractivity contribution >= 4 is 34.8 Å². The highest BCUT2D eigenvalue weighted by atomic mass is 32.1. The summed E-state index contributed by atoms with van der Waals surface area (Å²) in [6, 6.07) is 17.3. The average molecular weight is 619 g/mol. The van der Waals surface area contributed by atoms with Crippen LogP contribution in [0.5, 0.6) is 0 Å². The molecule has 1 aromatic heterocycles. The van der Waals surface area contributed by atoms with Gasteiger partial charge >= 0.3 is 0 Å². The summed E-state index contributed by atoms with van der Waals surface area (Å²) in [6.45, 7) is 9.02. The summed E-state index contributed by atoms with van der Waals surface area (Å²) >= 11 is 1.47. The van der Waals surface area contributed by atoms with Gasteiger partial charge in [0, 0.05) is 31.5 Å². The number of nitrogens with one attached hydrogen (secondary N) is 2. The van der Waals surface area contributed by atoms with Gasteiger partial charge in [-0.1, -0.05) is 81.4 Å². The fraction of sp³-hybridized carbons (Fsp3) is 0.457. The SMILES string of the molecule is CCCC(=O)C(C)(C)C(=O)NC(CC(C)C)C(=O)N(C)C(Cc1ccccc1)C(=O)NC(Cc1ccccc1)c1nccs1. The fourth-order valence-electron chi connectivity index (χ4n) is 5.06. The number of carbonyl (C=O) groups excluding carboxylic acids is 4. The second-order valence-corrected chi connectivity index (χ2v) is 13.2. The second kappa shape index (κ2) is 16.3. The quantitative estimate of drug-likeness (QED) is 0.205. The number of aromatic nitrogens is 1. The third kappa shape index (κ3) is 9.58. The summed E-state index contributed by atoms with van der Waals surface area (Å²) in [6.07, 6.45) is 3.83. The minimum absolute atomic E-state index is 0.0775. The van der Waals surface area contributed by atoms with E-state index < -0.39 is 23.4 Å². The molecule has 2 aromatic carbocycles. The molecule has 0 bridgehead atoms. The lowest BCUT2D eigenvalue weighted by Crippen LogP contribution is -2.57. The molecule has 2 N–H and O–H groups in total. The second-order valence-electron chi connectivity index (χ2n) is 12.2. The normalized spacial score (nSPS) is 13.5. The van der Waals surface area contributed by atoms with E-state index >= 15 is 0 Å². The molecular formula is C35H46N4O4S. The molecule has 3 amide bonds. The van der Waals surface area contributed by atoms with Crippen molar-refractivity contribution in [3.8, 4) is 0 Å². The summed E-state index contributed by atoms with van der Waals surface area (Å²) in [5, 5.41) is 8.71. The van der Waals surface area contributed by atoms with E-state index in [0.29, 0.717) is 19.3 Å². The van der Waals surface area contributed by atoms with Crippen LogP contribution in [0.2, 0.25) is 0 Å². The Morgan fingerprint density at radius 1 is 0.909 bits per heavy atom. The van der Waals surface area contributed by atoms with E-state index in [-0.39, 0.29) is 42.4 Å². The first-order valence-electron chi connectivity index (χ1n) is 15.3. The van der Waals surface area contributed by atoms with Crippen LogP contribution in [0.15, 0.2) is 72.2 Å². The summed E-state index contributed by atoms with van der Waals surface area (Å²) in [5.41, 5.74) is 0.678. The van der Waals surface area contributed by atoms with Crippen molar-refractivity contribution in [1.82, 2.24) is 20.5 Å². The van der Waals surface area contributed by atoms with Crippen LogP contribution in [0.4, 0.5) is 0 Å². The first-order valence-corrected chi connectivity index (χ1v) is 16.2. The molecule has 236 valence electrons. The number of carbonyl (C=O) groups is 4. The molecule has 3 aromatic rings. The van der Waals surface area contributed by atoms with Crippen molar-refractivity contribution in [2.24, 2.45) is 11.3 Å². The predicted octanol–water partition coefficient (Wildman–Crippen LogP) is 5.54. The Balaban J connectivity index is 1.90. The van der Waals surface area contributed by atoms with Gasteiger partial charge < -0.3 is 15.5 Å². The van der Waals surface area contributed by atoms with E-state index in [0.717, 1.165) is 16.1 Å². The van der Waals surface area contributed by atoms with E-state index in [1.165, 1.54) is 16.2 Å². The average Bonchev–Trinajstić information content (AvgIpc) is 3.54. The van der Waals surface area contributed by atoms with Gasteiger partial charge in [0.05, 0.1) is 6.04 Å². The number of hydrogen-bond donors (Lipinski definition) is 2. The van der Waals surface area contributed by atoms with E-state index in [1.54, 1.807) is 27.1 Å². The highest BCUT2D eigenvalue weighted by Gasteiger charge is 2.39. The van der Waals surface area contributed by atoms with Crippen LogP contribution in [-0.2, 0) is 32.0 Å². The van der Waals surface area contributed by atoms with Gasteiger partial charge in [0.1, 0.15) is 28.3 Å². The lowest BCUT2D eigenvalue weighted by molar-refractivity contribution is -0.146. The molecule has 3 rings (SSSR count). The molecular weight excluding hydrogens is 572 g/mol. The molecule has 0 spiro atoms. The maximum Gasteiger partial charge on any atom is 0.245 e. The zero-order chi connectivity index (χ0) is 32.3. The Hall–Kier alpha value is -3.85. The molecule has 0 aliphatic rings. The van der Waals surface area contributed by atoms with Gasteiger partial charge in [0.2, 0.25) is 17.7 Å². The number of rotatable bonds is 16. The highest BCUT2D eigenvalue weighted by Crippen LogP contribution is 2.24. The van der Waals surface area contributed by atoms with Gasteiger partial charge in [-0.25, -0.2) is 4.98 Å². The summed E-state index contributed by atoms with van der Waals surface area (Å²) in [5.74, 6) is -1.27. The highest BCUT2D eigenvalue weighted by molar-refractivity contribution is 7.09. The zero-order valence-corrected chi connectivity index (χ0v) is 27.5. The molecule has 8 nitrogen and oxygen atoms in total. The van der Waals surface area contributed by atoms with E-state index in [1.807, 2.05) is 86.8 Å². The van der Waals surface area contributed by atoms with Crippen LogP contribution in [-0.4, -0.2) is 52.5 Å². The minimum Gasteiger partial charge on any atom is -0.345 e. The van der Waals surface area contributed by atoms with Crippen molar-refractivity contribution < 1.29 is 19.2 Å². The first kappa shape index (κ1) is 34.6. The number of thiazole rings is 1. The van der Waals surface area contributed by atoms with Crippen molar-refractivity contribution in [3.63, 3.8) is 0 Å². The van der Waals surface area contributed by atoms with Crippen LogP contribution in [0, 0.1) is 11.3 Å².